The molecule has 2 aromatic rings. The van der Waals surface area contributed by atoms with Crippen LogP contribution in [0.2, 0.25) is 0 Å². The number of ether oxygens (including phenoxy) is 1. The molecule has 0 fully saturated rings. The first-order valence-electron chi connectivity index (χ1n) is 9.46. The first-order chi connectivity index (χ1) is 13.1. The molecule has 0 atom stereocenters. The molecule has 0 aromatic heterocycles. The molecule has 0 bridgehead atoms. The van der Waals surface area contributed by atoms with Crippen LogP contribution in [0.1, 0.15) is 53.7 Å². The van der Waals surface area contributed by atoms with Crippen LogP contribution in [-0.4, -0.2) is 23.6 Å². The lowest BCUT2D eigenvalue weighted by Gasteiger charge is -2.24. The molecule has 5 heteroatoms. The maximum Gasteiger partial charge on any atom is 0.338 e. The molecule has 0 aliphatic carbocycles. The van der Waals surface area contributed by atoms with Gasteiger partial charge in [-0.25, -0.2) is 4.79 Å². The van der Waals surface area contributed by atoms with Crippen LogP contribution in [0.25, 0.3) is 0 Å². The zero-order chi connectivity index (χ0) is 20.9. The molecule has 150 valence electrons. The van der Waals surface area contributed by atoms with Crippen molar-refractivity contribution in [3.05, 3.63) is 58.7 Å². The van der Waals surface area contributed by atoms with Gasteiger partial charge in [-0.1, -0.05) is 38.1 Å². The van der Waals surface area contributed by atoms with E-state index in [-0.39, 0.29) is 11.5 Å². The van der Waals surface area contributed by atoms with Gasteiger partial charge in [0, 0.05) is 5.41 Å². The van der Waals surface area contributed by atoms with E-state index < -0.39 is 11.4 Å². The van der Waals surface area contributed by atoms with E-state index in [1.807, 2.05) is 45.9 Å². The van der Waals surface area contributed by atoms with Crippen LogP contribution < -0.4 is 10.1 Å². The molecule has 5 nitrogen and oxygen atoms in total. The van der Waals surface area contributed by atoms with Gasteiger partial charge in [0.05, 0.1) is 17.9 Å². The molecule has 0 saturated carbocycles. The maximum atomic E-state index is 12.7. The minimum atomic E-state index is -1.05. The summed E-state index contributed by atoms with van der Waals surface area (Å²) in [5.41, 5.74) is 2.66. The first-order valence-corrected chi connectivity index (χ1v) is 9.46. The molecular formula is C23H29NO4. The maximum absolute atomic E-state index is 12.7. The van der Waals surface area contributed by atoms with Crippen molar-refractivity contribution < 1.29 is 19.4 Å². The highest BCUT2D eigenvalue weighted by molar-refractivity contribution is 6.03. The van der Waals surface area contributed by atoms with Crippen molar-refractivity contribution in [1.82, 2.24) is 0 Å². The van der Waals surface area contributed by atoms with Crippen molar-refractivity contribution in [1.29, 1.82) is 0 Å². The van der Waals surface area contributed by atoms with E-state index in [2.05, 4.69) is 5.32 Å². The van der Waals surface area contributed by atoms with E-state index in [1.165, 1.54) is 0 Å². The Bertz CT molecular complexity index is 871. The first kappa shape index (κ1) is 21.5. The fourth-order valence-electron chi connectivity index (χ4n) is 3.02. The lowest BCUT2D eigenvalue weighted by atomic mass is 9.86. The Morgan fingerprint density at radius 1 is 1.07 bits per heavy atom. The summed E-state index contributed by atoms with van der Waals surface area (Å²) in [4.78, 5) is 24.2. The van der Waals surface area contributed by atoms with Gasteiger partial charge in [-0.05, 0) is 62.4 Å². The Hall–Kier alpha value is -2.82. The number of carbonyl (C=O) groups is 2. The number of amides is 1. The Morgan fingerprint density at radius 2 is 1.79 bits per heavy atom. The molecule has 0 aliphatic heterocycles. The normalized spacial score (nSPS) is 11.2. The van der Waals surface area contributed by atoms with Gasteiger partial charge in [-0.3, -0.25) is 4.79 Å². The van der Waals surface area contributed by atoms with Crippen LogP contribution >= 0.6 is 0 Å². The quantitative estimate of drug-likeness (QED) is 0.619. The molecule has 2 aromatic carbocycles. The molecule has 0 unspecified atom stereocenters. The number of nitrogens with one attached hydrogen (secondary N) is 1. The second-order valence-corrected chi connectivity index (χ2v) is 7.86. The summed E-state index contributed by atoms with van der Waals surface area (Å²) in [6.45, 7) is 9.98. The topological polar surface area (TPSA) is 75.6 Å². The predicted molar refractivity (Wildman–Crippen MR) is 111 cm³/mol. The molecule has 0 spiro atoms. The van der Waals surface area contributed by atoms with Crippen LogP contribution in [-0.2, 0) is 4.79 Å². The summed E-state index contributed by atoms with van der Waals surface area (Å²) in [5, 5.41) is 12.2. The van der Waals surface area contributed by atoms with Crippen LogP contribution in [0, 0.1) is 26.2 Å². The molecule has 2 rings (SSSR count). The molecular weight excluding hydrogens is 354 g/mol. The van der Waals surface area contributed by atoms with Crippen molar-refractivity contribution in [2.24, 2.45) is 5.41 Å². The number of carbonyl (C=O) groups excluding carboxylic acids is 1. The summed E-state index contributed by atoms with van der Waals surface area (Å²) < 4.78 is 5.87. The van der Waals surface area contributed by atoms with Crippen LogP contribution in [0.4, 0.5) is 5.69 Å². The average molecular weight is 383 g/mol. The van der Waals surface area contributed by atoms with Gasteiger partial charge >= 0.3 is 5.97 Å². The second-order valence-electron chi connectivity index (χ2n) is 7.86. The Labute approximate surface area is 166 Å². The Balaban J connectivity index is 1.95. The number of aromatic carboxylic acids is 1. The zero-order valence-corrected chi connectivity index (χ0v) is 17.3. The molecule has 28 heavy (non-hydrogen) atoms. The summed E-state index contributed by atoms with van der Waals surface area (Å²) >= 11 is 0. The van der Waals surface area contributed by atoms with E-state index in [1.54, 1.807) is 25.1 Å². The highest BCUT2D eigenvalue weighted by Crippen LogP contribution is 2.27. The summed E-state index contributed by atoms with van der Waals surface area (Å²) in [5.74, 6) is -0.381. The monoisotopic (exact) mass is 383 g/mol. The molecule has 2 N–H and O–H groups in total. The lowest BCUT2D eigenvalue weighted by molar-refractivity contribution is -0.124. The van der Waals surface area contributed by atoms with Crippen molar-refractivity contribution in [2.75, 3.05) is 11.9 Å². The van der Waals surface area contributed by atoms with E-state index in [0.29, 0.717) is 30.7 Å². The smallest absolute Gasteiger partial charge is 0.338 e. The van der Waals surface area contributed by atoms with Gasteiger partial charge in [0.2, 0.25) is 5.91 Å². The van der Waals surface area contributed by atoms with Gasteiger partial charge in [-0.15, -0.1) is 0 Å². The van der Waals surface area contributed by atoms with Crippen molar-refractivity contribution in [2.45, 2.75) is 47.5 Å². The van der Waals surface area contributed by atoms with Crippen molar-refractivity contribution >= 4 is 17.6 Å². The minimum Gasteiger partial charge on any atom is -0.493 e. The lowest BCUT2D eigenvalue weighted by Crippen LogP contribution is -2.31. The molecule has 0 aliphatic rings. The number of rotatable bonds is 8. The van der Waals surface area contributed by atoms with Crippen LogP contribution in [0.15, 0.2) is 36.4 Å². The van der Waals surface area contributed by atoms with E-state index in [0.717, 1.165) is 16.9 Å². The molecule has 0 saturated heterocycles. The number of hydrogen-bond donors (Lipinski definition) is 2. The van der Waals surface area contributed by atoms with Gasteiger partial charge < -0.3 is 15.2 Å². The number of anilines is 1. The summed E-state index contributed by atoms with van der Waals surface area (Å²) in [6.07, 6.45) is 1.34. The van der Waals surface area contributed by atoms with Crippen molar-refractivity contribution in [3.63, 3.8) is 0 Å². The van der Waals surface area contributed by atoms with E-state index in [9.17, 15) is 14.7 Å². The second kappa shape index (κ2) is 8.91. The minimum absolute atomic E-state index is 0.130. The predicted octanol–water partition coefficient (Wildman–Crippen LogP) is 5.13. The molecule has 0 radical (unpaired) electrons. The number of aryl methyl sites for hydroxylation is 3. The fourth-order valence-corrected chi connectivity index (χ4v) is 3.02. The highest BCUT2D eigenvalue weighted by atomic mass is 16.5. The number of hydrogen-bond acceptors (Lipinski definition) is 3. The Kier molecular flexibility index (Phi) is 6.84. The third-order valence-electron chi connectivity index (χ3n) is 4.90. The van der Waals surface area contributed by atoms with Crippen LogP contribution in [0.5, 0.6) is 5.75 Å². The SMILES string of the molecule is Cc1ccc(C)c(OCCCC(C)(C)C(=O)Nc2cccc(C)c2C(=O)O)c1. The number of carboxylic acid groups (broad SMARTS) is 1. The third kappa shape index (κ3) is 5.35. The Morgan fingerprint density at radius 3 is 2.46 bits per heavy atom. The third-order valence-corrected chi connectivity index (χ3v) is 4.90. The number of benzene rings is 2. The highest BCUT2D eigenvalue weighted by Gasteiger charge is 2.28. The van der Waals surface area contributed by atoms with Gasteiger partial charge in [-0.2, -0.15) is 0 Å². The largest absolute Gasteiger partial charge is 0.493 e. The standard InChI is InChI=1S/C23H29NO4/c1-15-10-11-16(2)19(14-15)28-13-7-12-23(4,5)22(27)24-18-9-6-8-17(3)20(18)21(25)26/h6,8-11,14H,7,12-13H2,1-5H3,(H,24,27)(H,25,26). The molecule has 1 amide bonds. The van der Waals surface area contributed by atoms with E-state index >= 15 is 0 Å². The molecule has 0 heterocycles. The fraction of sp³-hybridized carbons (Fsp3) is 0.391. The van der Waals surface area contributed by atoms with Gasteiger partial charge in [0.1, 0.15) is 5.75 Å². The van der Waals surface area contributed by atoms with E-state index in [4.69, 9.17) is 4.74 Å². The average Bonchev–Trinajstić information content (AvgIpc) is 2.61. The summed E-state index contributed by atoms with van der Waals surface area (Å²) in [7, 11) is 0. The van der Waals surface area contributed by atoms with Gasteiger partial charge in [0.15, 0.2) is 0 Å². The van der Waals surface area contributed by atoms with Gasteiger partial charge in [0.25, 0.3) is 0 Å². The zero-order valence-electron chi connectivity index (χ0n) is 17.3. The summed E-state index contributed by atoms with van der Waals surface area (Å²) in [6, 6.07) is 11.2. The van der Waals surface area contributed by atoms with Crippen LogP contribution in [0.3, 0.4) is 0 Å². The number of carboxylic acids is 1. The van der Waals surface area contributed by atoms with Crippen molar-refractivity contribution in [3.8, 4) is 5.75 Å².